The van der Waals surface area contributed by atoms with Gasteiger partial charge in [-0.25, -0.2) is 14.1 Å². The van der Waals surface area contributed by atoms with Crippen molar-refractivity contribution in [1.29, 1.82) is 0 Å². The van der Waals surface area contributed by atoms with E-state index in [-0.39, 0.29) is 17.8 Å². The topological polar surface area (TPSA) is 63.1 Å². The largest absolute Gasteiger partial charge is 0.352 e. The van der Waals surface area contributed by atoms with Crippen LogP contribution in [0.5, 0.6) is 0 Å². The molecular weight excluding hydrogens is 333 g/mol. The first-order valence-corrected chi connectivity index (χ1v) is 8.47. The highest BCUT2D eigenvalue weighted by Gasteiger charge is 2.26. The van der Waals surface area contributed by atoms with Gasteiger partial charge in [0.15, 0.2) is 11.6 Å². The van der Waals surface area contributed by atoms with Crippen LogP contribution in [0.15, 0.2) is 61.1 Å². The Labute approximate surface area is 150 Å². The van der Waals surface area contributed by atoms with Crippen molar-refractivity contribution in [3.8, 4) is 5.69 Å². The minimum absolute atomic E-state index is 0.0442. The zero-order valence-corrected chi connectivity index (χ0v) is 14.0. The van der Waals surface area contributed by atoms with E-state index in [1.807, 2.05) is 29.3 Å². The number of pyridine rings is 1. The fourth-order valence-corrected chi connectivity index (χ4v) is 3.16. The van der Waals surface area contributed by atoms with E-state index in [4.69, 9.17) is 0 Å². The molecule has 132 valence electrons. The summed E-state index contributed by atoms with van der Waals surface area (Å²) < 4.78 is 15.6. The van der Waals surface area contributed by atoms with Crippen molar-refractivity contribution < 1.29 is 9.18 Å². The average molecular weight is 351 g/mol. The molecule has 1 N–H and O–H groups in total. The number of rotatable bonds is 4. The summed E-state index contributed by atoms with van der Waals surface area (Å²) in [6.07, 6.45) is 5.84. The first-order valence-electron chi connectivity index (χ1n) is 8.47. The van der Waals surface area contributed by atoms with Gasteiger partial charge in [-0.15, -0.1) is 0 Å². The van der Waals surface area contributed by atoms with Crippen molar-refractivity contribution in [2.45, 2.75) is 12.5 Å². The SMILES string of the molecule is O=C(NC1CCN(c2ncccc2F)C1)c1cccc(-n2cccn2)c1. The van der Waals surface area contributed by atoms with Crippen LogP contribution in [0.25, 0.3) is 5.69 Å². The van der Waals surface area contributed by atoms with Crippen LogP contribution in [0.3, 0.4) is 0 Å². The quantitative estimate of drug-likeness (QED) is 0.784. The summed E-state index contributed by atoms with van der Waals surface area (Å²) >= 11 is 0. The molecule has 1 aromatic carbocycles. The third kappa shape index (κ3) is 3.28. The molecule has 1 fully saturated rings. The molecule has 0 saturated carbocycles. The number of benzene rings is 1. The van der Waals surface area contributed by atoms with Gasteiger partial charge in [0, 0.05) is 43.3 Å². The summed E-state index contributed by atoms with van der Waals surface area (Å²) in [6.45, 7) is 1.20. The van der Waals surface area contributed by atoms with E-state index in [1.54, 1.807) is 35.3 Å². The van der Waals surface area contributed by atoms with Gasteiger partial charge in [-0.1, -0.05) is 6.07 Å². The van der Waals surface area contributed by atoms with Crippen molar-refractivity contribution in [3.05, 3.63) is 72.4 Å². The van der Waals surface area contributed by atoms with Crippen molar-refractivity contribution in [2.75, 3.05) is 18.0 Å². The molecule has 4 rings (SSSR count). The molecule has 0 radical (unpaired) electrons. The third-order valence-corrected chi connectivity index (χ3v) is 4.44. The lowest BCUT2D eigenvalue weighted by atomic mass is 10.1. The Balaban J connectivity index is 1.43. The lowest BCUT2D eigenvalue weighted by Crippen LogP contribution is -2.37. The molecule has 0 spiro atoms. The normalized spacial score (nSPS) is 16.7. The first-order chi connectivity index (χ1) is 12.7. The maximum absolute atomic E-state index is 13.9. The van der Waals surface area contributed by atoms with E-state index in [2.05, 4.69) is 15.4 Å². The molecule has 1 atom stereocenters. The van der Waals surface area contributed by atoms with Gasteiger partial charge in [0.1, 0.15) is 0 Å². The van der Waals surface area contributed by atoms with Crippen LogP contribution in [-0.2, 0) is 0 Å². The summed E-state index contributed by atoms with van der Waals surface area (Å²) in [7, 11) is 0. The molecule has 1 aliphatic rings. The summed E-state index contributed by atoms with van der Waals surface area (Å²) in [5.74, 6) is -0.149. The second-order valence-electron chi connectivity index (χ2n) is 6.21. The zero-order valence-electron chi connectivity index (χ0n) is 14.0. The highest BCUT2D eigenvalue weighted by atomic mass is 19.1. The third-order valence-electron chi connectivity index (χ3n) is 4.44. The molecule has 7 heteroatoms. The van der Waals surface area contributed by atoms with Crippen molar-refractivity contribution >= 4 is 11.7 Å². The molecule has 2 aromatic heterocycles. The number of carbonyl (C=O) groups excluding carboxylic acids is 1. The van der Waals surface area contributed by atoms with E-state index < -0.39 is 0 Å². The zero-order chi connectivity index (χ0) is 17.9. The number of carbonyl (C=O) groups is 1. The van der Waals surface area contributed by atoms with Gasteiger partial charge in [-0.2, -0.15) is 5.10 Å². The predicted molar refractivity (Wildman–Crippen MR) is 95.8 cm³/mol. The monoisotopic (exact) mass is 351 g/mol. The fourth-order valence-electron chi connectivity index (χ4n) is 3.16. The smallest absolute Gasteiger partial charge is 0.251 e. The van der Waals surface area contributed by atoms with Gasteiger partial charge in [-0.3, -0.25) is 4.79 Å². The maximum Gasteiger partial charge on any atom is 0.251 e. The van der Waals surface area contributed by atoms with Gasteiger partial charge in [0.25, 0.3) is 5.91 Å². The summed E-state index contributed by atoms with van der Waals surface area (Å²) in [6, 6.07) is 12.0. The molecule has 1 saturated heterocycles. The van der Waals surface area contributed by atoms with E-state index in [1.165, 1.54) is 6.07 Å². The molecule has 26 heavy (non-hydrogen) atoms. The maximum atomic E-state index is 13.9. The number of amides is 1. The molecule has 0 aliphatic carbocycles. The van der Waals surface area contributed by atoms with Crippen LogP contribution >= 0.6 is 0 Å². The highest BCUT2D eigenvalue weighted by molar-refractivity contribution is 5.95. The van der Waals surface area contributed by atoms with Gasteiger partial charge in [-0.05, 0) is 42.8 Å². The van der Waals surface area contributed by atoms with Crippen LogP contribution in [0.1, 0.15) is 16.8 Å². The van der Waals surface area contributed by atoms with Gasteiger partial charge >= 0.3 is 0 Å². The molecule has 3 aromatic rings. The summed E-state index contributed by atoms with van der Waals surface area (Å²) in [5, 5.41) is 7.20. The van der Waals surface area contributed by atoms with E-state index in [0.717, 1.165) is 12.1 Å². The van der Waals surface area contributed by atoms with Crippen LogP contribution in [-0.4, -0.2) is 39.8 Å². The number of aromatic nitrogens is 3. The van der Waals surface area contributed by atoms with Crippen molar-refractivity contribution in [2.24, 2.45) is 0 Å². The van der Waals surface area contributed by atoms with E-state index >= 15 is 0 Å². The summed E-state index contributed by atoms with van der Waals surface area (Å²) in [4.78, 5) is 18.5. The average Bonchev–Trinajstić information content (AvgIpc) is 3.34. The lowest BCUT2D eigenvalue weighted by molar-refractivity contribution is 0.0940. The van der Waals surface area contributed by atoms with Crippen LogP contribution in [0.2, 0.25) is 0 Å². The number of halogens is 1. The molecule has 1 aliphatic heterocycles. The number of hydrogen-bond donors (Lipinski definition) is 1. The molecule has 6 nitrogen and oxygen atoms in total. The number of nitrogens with zero attached hydrogens (tertiary/aromatic N) is 4. The number of hydrogen-bond acceptors (Lipinski definition) is 4. The Morgan fingerprint density at radius 2 is 2.12 bits per heavy atom. The van der Waals surface area contributed by atoms with E-state index in [0.29, 0.717) is 24.5 Å². The van der Waals surface area contributed by atoms with E-state index in [9.17, 15) is 9.18 Å². The van der Waals surface area contributed by atoms with Crippen LogP contribution in [0.4, 0.5) is 10.2 Å². The highest BCUT2D eigenvalue weighted by Crippen LogP contribution is 2.21. The molecule has 1 amide bonds. The van der Waals surface area contributed by atoms with Crippen molar-refractivity contribution in [3.63, 3.8) is 0 Å². The van der Waals surface area contributed by atoms with Crippen LogP contribution in [0, 0.1) is 5.82 Å². The molecular formula is C19H18FN5O. The lowest BCUT2D eigenvalue weighted by Gasteiger charge is -2.18. The van der Waals surface area contributed by atoms with Gasteiger partial charge in [0.2, 0.25) is 0 Å². The van der Waals surface area contributed by atoms with Gasteiger partial charge < -0.3 is 10.2 Å². The molecule has 3 heterocycles. The van der Waals surface area contributed by atoms with Gasteiger partial charge in [0.05, 0.1) is 5.69 Å². The Morgan fingerprint density at radius 3 is 2.92 bits per heavy atom. The predicted octanol–water partition coefficient (Wildman–Crippen LogP) is 2.42. The Bertz CT molecular complexity index is 912. The minimum atomic E-state index is -0.341. The summed E-state index contributed by atoms with van der Waals surface area (Å²) in [5.41, 5.74) is 1.40. The Kier molecular flexibility index (Phi) is 4.35. The minimum Gasteiger partial charge on any atom is -0.352 e. The standard InChI is InChI=1S/C19H18FN5O/c20-17-6-2-8-21-18(17)24-11-7-15(13-24)23-19(26)14-4-1-5-16(12-14)25-10-3-9-22-25/h1-6,8-10,12,15H,7,11,13H2,(H,23,26). The molecule has 1 unspecified atom stereocenters. The first kappa shape index (κ1) is 16.3. The number of anilines is 1. The fraction of sp³-hybridized carbons (Fsp3) is 0.211. The Hall–Kier alpha value is -3.22. The van der Waals surface area contributed by atoms with Crippen LogP contribution < -0.4 is 10.2 Å². The van der Waals surface area contributed by atoms with Crippen molar-refractivity contribution in [1.82, 2.24) is 20.1 Å². The Morgan fingerprint density at radius 1 is 1.19 bits per heavy atom. The second kappa shape index (κ2) is 6.95. The number of nitrogens with one attached hydrogen (secondary N) is 1. The molecule has 0 bridgehead atoms. The second-order valence-corrected chi connectivity index (χ2v) is 6.21.